The van der Waals surface area contributed by atoms with Crippen molar-refractivity contribution in [2.24, 2.45) is 0 Å². The van der Waals surface area contributed by atoms with Crippen LogP contribution in [0.3, 0.4) is 0 Å². The smallest absolute Gasteiger partial charge is 0.268 e. The quantitative estimate of drug-likeness (QED) is 0.473. The lowest BCUT2D eigenvalue weighted by Gasteiger charge is -2.17. The maximum Gasteiger partial charge on any atom is 0.268 e. The molecule has 32 heavy (non-hydrogen) atoms. The van der Waals surface area contributed by atoms with Crippen LogP contribution in [0.5, 0.6) is 11.5 Å². The summed E-state index contributed by atoms with van der Waals surface area (Å²) in [5.74, 6) is 0.615. The molecule has 0 spiro atoms. The first-order chi connectivity index (χ1) is 15.4. The van der Waals surface area contributed by atoms with Gasteiger partial charge in [0.1, 0.15) is 23.8 Å². The molecule has 2 N–H and O–H groups in total. The summed E-state index contributed by atoms with van der Waals surface area (Å²) in [6, 6.07) is 17.9. The van der Waals surface area contributed by atoms with Gasteiger partial charge in [-0.05, 0) is 67.8 Å². The minimum absolute atomic E-state index is 0.162. The summed E-state index contributed by atoms with van der Waals surface area (Å²) in [4.78, 5) is 26.5. The van der Waals surface area contributed by atoms with Gasteiger partial charge in [-0.1, -0.05) is 23.8 Å². The summed E-state index contributed by atoms with van der Waals surface area (Å²) in [6.07, 6.45) is 1.66. The van der Waals surface area contributed by atoms with Gasteiger partial charge in [0.05, 0.1) is 13.2 Å². The molecule has 2 aromatic carbocycles. The van der Waals surface area contributed by atoms with Crippen LogP contribution in [0.15, 0.2) is 71.7 Å². The molecule has 0 aliphatic heterocycles. The van der Waals surface area contributed by atoms with E-state index in [0.29, 0.717) is 17.9 Å². The average Bonchev–Trinajstić information content (AvgIpc) is 3.31. The van der Waals surface area contributed by atoms with Crippen molar-refractivity contribution in [3.05, 3.63) is 87.7 Å². The highest BCUT2D eigenvalue weighted by Gasteiger charge is 2.17. The van der Waals surface area contributed by atoms with Crippen LogP contribution < -0.4 is 20.1 Å². The number of amides is 2. The van der Waals surface area contributed by atoms with Crippen molar-refractivity contribution in [3.63, 3.8) is 0 Å². The summed E-state index contributed by atoms with van der Waals surface area (Å²) >= 11 is 1.48. The molecule has 0 fully saturated rings. The molecule has 0 saturated heterocycles. The molecule has 3 rings (SSSR count). The fraction of sp³-hybridized carbons (Fsp3) is 0.200. The van der Waals surface area contributed by atoms with E-state index < -0.39 is 0 Å². The number of hydrogen-bond acceptors (Lipinski definition) is 5. The van der Waals surface area contributed by atoms with Gasteiger partial charge in [0.25, 0.3) is 11.8 Å². The van der Waals surface area contributed by atoms with Crippen LogP contribution in [0.25, 0.3) is 6.08 Å². The third kappa shape index (κ3) is 6.72. The van der Waals surface area contributed by atoms with Crippen molar-refractivity contribution >= 4 is 29.2 Å². The number of carbonyl (C=O) groups is 2. The average molecular weight is 451 g/mol. The van der Waals surface area contributed by atoms with E-state index in [1.54, 1.807) is 37.5 Å². The zero-order valence-corrected chi connectivity index (χ0v) is 19.1. The molecular formula is C25H26N2O4S. The molecule has 0 aliphatic rings. The van der Waals surface area contributed by atoms with E-state index in [4.69, 9.17) is 9.47 Å². The Labute approximate surface area is 191 Å². The Kier molecular flexibility index (Phi) is 8.05. The first-order valence-corrected chi connectivity index (χ1v) is 11.0. The highest BCUT2D eigenvalue weighted by Crippen LogP contribution is 2.15. The number of aryl methyl sites for hydroxylation is 1. The van der Waals surface area contributed by atoms with Crippen LogP contribution in [0.4, 0.5) is 0 Å². The molecule has 166 valence electrons. The molecule has 7 heteroatoms. The van der Waals surface area contributed by atoms with Gasteiger partial charge in [-0.15, -0.1) is 11.3 Å². The number of rotatable bonds is 9. The van der Waals surface area contributed by atoms with Crippen molar-refractivity contribution in [1.82, 2.24) is 10.6 Å². The number of thiophene rings is 1. The van der Waals surface area contributed by atoms with E-state index >= 15 is 0 Å². The first-order valence-electron chi connectivity index (χ1n) is 10.2. The van der Waals surface area contributed by atoms with Crippen LogP contribution in [0.2, 0.25) is 0 Å². The maximum atomic E-state index is 12.9. The Bertz CT molecular complexity index is 1060. The highest BCUT2D eigenvalue weighted by atomic mass is 32.1. The summed E-state index contributed by atoms with van der Waals surface area (Å²) in [7, 11) is 1.56. The summed E-state index contributed by atoms with van der Waals surface area (Å²) in [6.45, 7) is 4.15. The van der Waals surface area contributed by atoms with E-state index in [9.17, 15) is 9.59 Å². The summed E-state index contributed by atoms with van der Waals surface area (Å²) < 4.78 is 10.9. The van der Waals surface area contributed by atoms with Crippen molar-refractivity contribution in [1.29, 1.82) is 0 Å². The van der Waals surface area contributed by atoms with Crippen molar-refractivity contribution in [2.75, 3.05) is 13.7 Å². The molecule has 0 radical (unpaired) electrons. The lowest BCUT2D eigenvalue weighted by Crippen LogP contribution is -2.41. The van der Waals surface area contributed by atoms with Crippen molar-refractivity contribution < 1.29 is 19.1 Å². The molecule has 0 unspecified atom stereocenters. The molecule has 6 nitrogen and oxygen atoms in total. The largest absolute Gasteiger partial charge is 0.497 e. The van der Waals surface area contributed by atoms with Crippen LogP contribution >= 0.6 is 11.3 Å². The minimum atomic E-state index is -0.389. The van der Waals surface area contributed by atoms with Crippen molar-refractivity contribution in [3.8, 4) is 11.5 Å². The van der Waals surface area contributed by atoms with Gasteiger partial charge in [0.15, 0.2) is 0 Å². The van der Waals surface area contributed by atoms with Crippen molar-refractivity contribution in [2.45, 2.75) is 19.9 Å². The van der Waals surface area contributed by atoms with Gasteiger partial charge in [-0.2, -0.15) is 0 Å². The van der Waals surface area contributed by atoms with Gasteiger partial charge < -0.3 is 20.1 Å². The van der Waals surface area contributed by atoms with Crippen LogP contribution in [-0.2, 0) is 4.79 Å². The molecule has 0 aliphatic carbocycles. The molecule has 1 aromatic heterocycles. The molecule has 1 heterocycles. The third-order valence-electron chi connectivity index (χ3n) is 4.57. The Morgan fingerprint density at radius 3 is 2.34 bits per heavy atom. The zero-order valence-electron chi connectivity index (χ0n) is 18.3. The Balaban J connectivity index is 1.66. The van der Waals surface area contributed by atoms with Crippen LogP contribution in [0, 0.1) is 6.92 Å². The second kappa shape index (κ2) is 11.2. The Morgan fingerprint density at radius 2 is 1.72 bits per heavy atom. The third-order valence-corrected chi connectivity index (χ3v) is 5.39. The number of carbonyl (C=O) groups excluding carboxylic acids is 2. The SMILES string of the molecule is COc1ccc(C(=O)N/C(=C\c2cccs2)C(=O)N[C@@H](C)COc2ccc(C)cc2)cc1. The lowest BCUT2D eigenvalue weighted by atomic mass is 10.2. The summed E-state index contributed by atoms with van der Waals surface area (Å²) in [5.41, 5.74) is 1.73. The van der Waals surface area contributed by atoms with Gasteiger partial charge in [0.2, 0.25) is 0 Å². The predicted octanol–water partition coefficient (Wildman–Crippen LogP) is 4.42. The van der Waals surface area contributed by atoms with Gasteiger partial charge in [-0.25, -0.2) is 0 Å². The van der Waals surface area contributed by atoms with E-state index in [1.165, 1.54) is 11.3 Å². The van der Waals surface area contributed by atoms with E-state index in [-0.39, 0.29) is 23.6 Å². The number of hydrogen-bond donors (Lipinski definition) is 2. The van der Waals surface area contributed by atoms with E-state index in [0.717, 1.165) is 16.2 Å². The molecule has 0 bridgehead atoms. The standard InChI is InChI=1S/C25H26N2O4S/c1-17-6-10-21(11-7-17)31-16-18(2)26-25(29)23(15-22-5-4-14-32-22)27-24(28)19-8-12-20(30-3)13-9-19/h4-15,18H,16H2,1-3H3,(H,26,29)(H,27,28)/b23-15-/t18-/m0/s1. The maximum absolute atomic E-state index is 12.9. The van der Waals surface area contributed by atoms with Crippen LogP contribution in [0.1, 0.15) is 27.7 Å². The minimum Gasteiger partial charge on any atom is -0.497 e. The topological polar surface area (TPSA) is 76.7 Å². The van der Waals surface area contributed by atoms with Crippen LogP contribution in [-0.4, -0.2) is 31.6 Å². The first kappa shape index (κ1) is 23.1. The Morgan fingerprint density at radius 1 is 1.03 bits per heavy atom. The Hall–Kier alpha value is -3.58. The van der Waals surface area contributed by atoms with E-state index in [1.807, 2.05) is 55.6 Å². The normalized spacial score (nSPS) is 12.0. The van der Waals surface area contributed by atoms with Gasteiger partial charge in [0, 0.05) is 10.4 Å². The highest BCUT2D eigenvalue weighted by molar-refractivity contribution is 7.10. The second-order valence-corrected chi connectivity index (χ2v) is 8.23. The molecule has 0 saturated carbocycles. The fourth-order valence-corrected chi connectivity index (χ4v) is 3.47. The zero-order chi connectivity index (χ0) is 22.9. The number of nitrogens with one attached hydrogen (secondary N) is 2. The van der Waals surface area contributed by atoms with Gasteiger partial charge in [-0.3, -0.25) is 9.59 Å². The molecule has 3 aromatic rings. The monoisotopic (exact) mass is 450 g/mol. The second-order valence-electron chi connectivity index (χ2n) is 7.25. The number of methoxy groups -OCH3 is 1. The van der Waals surface area contributed by atoms with E-state index in [2.05, 4.69) is 10.6 Å². The lowest BCUT2D eigenvalue weighted by molar-refractivity contribution is -0.118. The number of benzene rings is 2. The molecule has 2 amide bonds. The molecular weight excluding hydrogens is 424 g/mol. The predicted molar refractivity (Wildman–Crippen MR) is 127 cm³/mol. The summed E-state index contributed by atoms with van der Waals surface area (Å²) in [5, 5.41) is 7.52. The fourth-order valence-electron chi connectivity index (χ4n) is 2.81. The van der Waals surface area contributed by atoms with Gasteiger partial charge >= 0.3 is 0 Å². The molecule has 1 atom stereocenters. The number of ether oxygens (including phenoxy) is 2.